The van der Waals surface area contributed by atoms with Crippen LogP contribution < -0.4 is 0 Å². The Hall–Kier alpha value is -3.24. The van der Waals surface area contributed by atoms with Gasteiger partial charge >= 0.3 is 0 Å². The summed E-state index contributed by atoms with van der Waals surface area (Å²) in [5.74, 6) is 0. The summed E-state index contributed by atoms with van der Waals surface area (Å²) in [6.45, 7) is 3.82. The number of fused-ring (bicyclic) bond motifs is 3. The molecule has 3 heteroatoms. The largest absolute Gasteiger partial charge is 0.305 e. The van der Waals surface area contributed by atoms with Crippen molar-refractivity contribution in [1.82, 2.24) is 14.7 Å². The Morgan fingerprint density at radius 2 is 1.11 bits per heavy atom. The summed E-state index contributed by atoms with van der Waals surface area (Å²) in [4.78, 5) is 6.85. The molecule has 1 aliphatic carbocycles. The van der Waals surface area contributed by atoms with Gasteiger partial charge in [-0.2, -0.15) is 0 Å². The maximum Gasteiger partial charge on any atom is 0.0234 e. The first-order valence-corrected chi connectivity index (χ1v) is 13.2. The van der Waals surface area contributed by atoms with Crippen molar-refractivity contribution in [2.75, 3.05) is 35.2 Å². The Morgan fingerprint density at radius 1 is 0.486 bits per heavy atom. The van der Waals surface area contributed by atoms with Crippen molar-refractivity contribution in [3.63, 3.8) is 0 Å². The van der Waals surface area contributed by atoms with Gasteiger partial charge in [0.05, 0.1) is 0 Å². The highest BCUT2D eigenvalue weighted by atomic mass is 15.1. The van der Waals surface area contributed by atoms with Gasteiger partial charge in [0.2, 0.25) is 0 Å². The molecule has 5 rings (SSSR count). The van der Waals surface area contributed by atoms with Crippen LogP contribution in [0.5, 0.6) is 0 Å². The van der Waals surface area contributed by atoms with Crippen LogP contribution in [0.1, 0.15) is 33.4 Å². The van der Waals surface area contributed by atoms with Crippen LogP contribution in [0.2, 0.25) is 0 Å². The summed E-state index contributed by atoms with van der Waals surface area (Å²) >= 11 is 0. The van der Waals surface area contributed by atoms with Crippen LogP contribution in [-0.2, 0) is 32.6 Å². The lowest BCUT2D eigenvalue weighted by atomic mass is 10.0. The summed E-state index contributed by atoms with van der Waals surface area (Å²) in [5.41, 5.74) is 13.8. The first kappa shape index (κ1) is 25.4. The third kappa shape index (κ3) is 6.19. The fourth-order valence-corrected chi connectivity index (χ4v) is 5.55. The smallest absolute Gasteiger partial charge is 0.0234 e. The number of rotatable bonds is 9. The van der Waals surface area contributed by atoms with E-state index in [0.717, 1.165) is 32.6 Å². The van der Waals surface area contributed by atoms with Gasteiger partial charge in [0.15, 0.2) is 0 Å². The second-order valence-corrected chi connectivity index (χ2v) is 11.2. The fraction of sp³-hybridized carbons (Fsp3) is 0.294. The van der Waals surface area contributed by atoms with Gasteiger partial charge in [-0.15, -0.1) is 0 Å². The Morgan fingerprint density at radius 3 is 1.84 bits per heavy atom. The van der Waals surface area contributed by atoms with Gasteiger partial charge in [0, 0.05) is 26.2 Å². The Balaban J connectivity index is 1.25. The zero-order valence-corrected chi connectivity index (χ0v) is 23.0. The Bertz CT molecular complexity index is 1370. The molecule has 0 aromatic heterocycles. The number of benzene rings is 4. The van der Waals surface area contributed by atoms with Gasteiger partial charge in [-0.1, -0.05) is 72.8 Å². The van der Waals surface area contributed by atoms with Crippen LogP contribution in [0.25, 0.3) is 22.3 Å². The molecule has 0 unspecified atom stereocenters. The molecule has 0 atom stereocenters. The van der Waals surface area contributed by atoms with Gasteiger partial charge in [-0.25, -0.2) is 0 Å². The van der Waals surface area contributed by atoms with Crippen molar-refractivity contribution in [2.45, 2.75) is 32.6 Å². The Labute approximate surface area is 223 Å². The van der Waals surface area contributed by atoms with E-state index in [-0.39, 0.29) is 0 Å². The van der Waals surface area contributed by atoms with Crippen molar-refractivity contribution in [1.29, 1.82) is 0 Å². The SMILES string of the molecule is CN(C)Cc1ccc(-c2cccc(CN(C)Cc3ccc4c(c3)Cc3ccc(CN(C)C)cc3-4)c2)cc1. The third-order valence-corrected chi connectivity index (χ3v) is 7.13. The number of hydrogen-bond acceptors (Lipinski definition) is 3. The molecule has 0 bridgehead atoms. The third-order valence-electron chi connectivity index (χ3n) is 7.13. The molecule has 0 radical (unpaired) electrons. The molecule has 4 aromatic rings. The molecule has 0 N–H and O–H groups in total. The van der Waals surface area contributed by atoms with Crippen LogP contribution in [0.15, 0.2) is 84.9 Å². The van der Waals surface area contributed by atoms with E-state index in [1.54, 1.807) is 0 Å². The van der Waals surface area contributed by atoms with Crippen LogP contribution in [0, 0.1) is 0 Å². The van der Waals surface area contributed by atoms with Gasteiger partial charge in [0.1, 0.15) is 0 Å². The lowest BCUT2D eigenvalue weighted by Crippen LogP contribution is -2.17. The molecule has 4 aromatic carbocycles. The van der Waals surface area contributed by atoms with E-state index < -0.39 is 0 Å². The van der Waals surface area contributed by atoms with Gasteiger partial charge in [-0.05, 0) is 109 Å². The summed E-state index contributed by atoms with van der Waals surface area (Å²) in [5, 5.41) is 0. The van der Waals surface area contributed by atoms with E-state index in [2.05, 4.69) is 135 Å². The van der Waals surface area contributed by atoms with Gasteiger partial charge in [0.25, 0.3) is 0 Å². The summed E-state index contributed by atoms with van der Waals surface area (Å²) < 4.78 is 0. The van der Waals surface area contributed by atoms with Crippen molar-refractivity contribution in [2.24, 2.45) is 0 Å². The zero-order chi connectivity index (χ0) is 25.9. The van der Waals surface area contributed by atoms with Gasteiger partial charge < -0.3 is 9.80 Å². The monoisotopic (exact) mass is 489 g/mol. The molecule has 0 fully saturated rings. The minimum Gasteiger partial charge on any atom is -0.305 e. The maximum absolute atomic E-state index is 2.42. The molecular weight excluding hydrogens is 450 g/mol. The lowest BCUT2D eigenvalue weighted by molar-refractivity contribution is 0.319. The summed E-state index contributed by atoms with van der Waals surface area (Å²) in [6.07, 6.45) is 1.04. The molecule has 3 nitrogen and oxygen atoms in total. The first-order chi connectivity index (χ1) is 17.8. The predicted octanol–water partition coefficient (Wildman–Crippen LogP) is 6.68. The van der Waals surface area contributed by atoms with E-state index in [1.807, 2.05) is 0 Å². The highest BCUT2D eigenvalue weighted by molar-refractivity contribution is 5.77. The molecule has 0 heterocycles. The van der Waals surface area contributed by atoms with E-state index in [9.17, 15) is 0 Å². The molecule has 190 valence electrons. The number of nitrogens with zero attached hydrogens (tertiary/aromatic N) is 3. The van der Waals surface area contributed by atoms with E-state index in [1.165, 1.54) is 55.6 Å². The minimum atomic E-state index is 0.928. The molecule has 0 saturated carbocycles. The van der Waals surface area contributed by atoms with Crippen molar-refractivity contribution in [3.8, 4) is 22.3 Å². The van der Waals surface area contributed by atoms with Crippen molar-refractivity contribution >= 4 is 0 Å². The summed E-state index contributed by atoms with van der Waals surface area (Å²) in [6, 6.07) is 32.0. The topological polar surface area (TPSA) is 9.72 Å². The first-order valence-electron chi connectivity index (χ1n) is 13.2. The van der Waals surface area contributed by atoms with Crippen LogP contribution in [0.4, 0.5) is 0 Å². The van der Waals surface area contributed by atoms with Crippen molar-refractivity contribution < 1.29 is 0 Å². The summed E-state index contributed by atoms with van der Waals surface area (Å²) in [7, 11) is 10.7. The van der Waals surface area contributed by atoms with E-state index >= 15 is 0 Å². The molecule has 0 amide bonds. The van der Waals surface area contributed by atoms with E-state index in [4.69, 9.17) is 0 Å². The average Bonchev–Trinajstić information content (AvgIpc) is 3.21. The quantitative estimate of drug-likeness (QED) is 0.229. The van der Waals surface area contributed by atoms with E-state index in [0.29, 0.717) is 0 Å². The maximum atomic E-state index is 2.42. The minimum absolute atomic E-state index is 0.928. The molecular formula is C34H39N3. The molecule has 1 aliphatic rings. The molecule has 0 spiro atoms. The van der Waals surface area contributed by atoms with Crippen LogP contribution in [0.3, 0.4) is 0 Å². The second kappa shape index (κ2) is 11.0. The molecule has 37 heavy (non-hydrogen) atoms. The van der Waals surface area contributed by atoms with Crippen LogP contribution >= 0.6 is 0 Å². The highest BCUT2D eigenvalue weighted by Gasteiger charge is 2.19. The second-order valence-electron chi connectivity index (χ2n) is 11.2. The lowest BCUT2D eigenvalue weighted by Gasteiger charge is -2.18. The molecule has 0 aliphatic heterocycles. The standard InChI is InChI=1S/C34H39N3/c1-35(2)21-25-9-13-29(14-10-25)30-8-6-7-26(17-30)23-37(5)24-27-12-16-33-32(18-27)20-31-15-11-28(19-34(31)33)22-36(3)4/h6-19H,20-24H2,1-5H3. The molecule has 0 saturated heterocycles. The number of hydrogen-bond donors (Lipinski definition) is 0. The zero-order valence-electron chi connectivity index (χ0n) is 23.0. The average molecular weight is 490 g/mol. The van der Waals surface area contributed by atoms with Crippen molar-refractivity contribution in [3.05, 3.63) is 118 Å². The highest BCUT2D eigenvalue weighted by Crippen LogP contribution is 2.38. The normalized spacial score (nSPS) is 12.4. The van der Waals surface area contributed by atoms with Crippen LogP contribution in [-0.4, -0.2) is 49.9 Å². The fourth-order valence-electron chi connectivity index (χ4n) is 5.55. The Kier molecular flexibility index (Phi) is 7.57. The predicted molar refractivity (Wildman–Crippen MR) is 157 cm³/mol. The van der Waals surface area contributed by atoms with Gasteiger partial charge in [-0.3, -0.25) is 4.90 Å².